The van der Waals surface area contributed by atoms with Crippen LogP contribution in [-0.4, -0.2) is 18.2 Å². The third-order valence-electron chi connectivity index (χ3n) is 2.38. The summed E-state index contributed by atoms with van der Waals surface area (Å²) in [5, 5.41) is 2.75. The predicted molar refractivity (Wildman–Crippen MR) is 69.3 cm³/mol. The molecular formula is C13H22N2O3. The number of amides is 1. The summed E-state index contributed by atoms with van der Waals surface area (Å²) >= 11 is 0. The number of carbonyl (C=O) groups excluding carboxylic acids is 1. The lowest BCUT2D eigenvalue weighted by molar-refractivity contribution is 0.0505. The molecule has 0 radical (unpaired) electrons. The quantitative estimate of drug-likeness (QED) is 0.868. The number of nitrogens with one attached hydrogen (secondary N) is 1. The maximum absolute atomic E-state index is 11.7. The smallest absolute Gasteiger partial charge is 0.408 e. The van der Waals surface area contributed by atoms with E-state index in [1.165, 1.54) is 0 Å². The monoisotopic (exact) mass is 254 g/mol. The van der Waals surface area contributed by atoms with Gasteiger partial charge in [-0.15, -0.1) is 0 Å². The molecule has 1 aromatic heterocycles. The lowest BCUT2D eigenvalue weighted by atomic mass is 10.1. The van der Waals surface area contributed by atoms with Crippen molar-refractivity contribution in [2.24, 2.45) is 5.73 Å². The second-order valence-electron chi connectivity index (χ2n) is 5.30. The molecule has 1 rings (SSSR count). The number of nitrogens with two attached hydrogens (primary N) is 1. The first-order chi connectivity index (χ1) is 8.23. The van der Waals surface area contributed by atoms with Crippen LogP contribution in [0.25, 0.3) is 0 Å². The number of carbonyl (C=O) groups is 1. The van der Waals surface area contributed by atoms with E-state index in [2.05, 4.69) is 5.32 Å². The van der Waals surface area contributed by atoms with Gasteiger partial charge >= 0.3 is 6.09 Å². The number of aryl methyl sites for hydroxylation is 2. The summed E-state index contributed by atoms with van der Waals surface area (Å²) < 4.78 is 10.6. The molecule has 102 valence electrons. The van der Waals surface area contributed by atoms with Gasteiger partial charge in [0.25, 0.3) is 0 Å². The van der Waals surface area contributed by atoms with E-state index in [4.69, 9.17) is 14.9 Å². The first-order valence-electron chi connectivity index (χ1n) is 5.99. The number of ether oxygens (including phenoxy) is 1. The van der Waals surface area contributed by atoms with Crippen molar-refractivity contribution in [3.05, 3.63) is 23.2 Å². The van der Waals surface area contributed by atoms with Crippen molar-refractivity contribution in [1.29, 1.82) is 0 Å². The fourth-order valence-corrected chi connectivity index (χ4v) is 1.71. The number of hydrogen-bond donors (Lipinski definition) is 2. The Morgan fingerprint density at radius 1 is 1.50 bits per heavy atom. The van der Waals surface area contributed by atoms with Crippen LogP contribution in [0.15, 0.2) is 10.5 Å². The highest BCUT2D eigenvalue weighted by Gasteiger charge is 2.22. The minimum absolute atomic E-state index is 0.291. The highest BCUT2D eigenvalue weighted by atomic mass is 16.6. The molecule has 1 atom stereocenters. The van der Waals surface area contributed by atoms with Gasteiger partial charge in [0.1, 0.15) is 17.1 Å². The van der Waals surface area contributed by atoms with Gasteiger partial charge in [-0.05, 0) is 40.7 Å². The standard InChI is InChI=1S/C13H22N2O3/c1-8-6-10(9(2)17-8)11(7-14)15-12(16)18-13(3,4)5/h6,11H,7,14H2,1-5H3,(H,15,16). The van der Waals surface area contributed by atoms with Gasteiger partial charge in [0.05, 0.1) is 6.04 Å². The van der Waals surface area contributed by atoms with Crippen molar-refractivity contribution in [2.75, 3.05) is 6.54 Å². The summed E-state index contributed by atoms with van der Waals surface area (Å²) in [5.74, 6) is 1.56. The Labute approximate surface area is 108 Å². The van der Waals surface area contributed by atoms with E-state index >= 15 is 0 Å². The highest BCUT2D eigenvalue weighted by molar-refractivity contribution is 5.68. The Morgan fingerprint density at radius 2 is 2.11 bits per heavy atom. The molecule has 0 saturated heterocycles. The zero-order valence-corrected chi connectivity index (χ0v) is 11.7. The summed E-state index contributed by atoms with van der Waals surface area (Å²) in [7, 11) is 0. The van der Waals surface area contributed by atoms with Crippen LogP contribution in [0, 0.1) is 13.8 Å². The predicted octanol–water partition coefficient (Wildman–Crippen LogP) is 2.42. The molecule has 5 nitrogen and oxygen atoms in total. The van der Waals surface area contributed by atoms with Crippen molar-refractivity contribution in [3.63, 3.8) is 0 Å². The molecule has 0 aliphatic rings. The van der Waals surface area contributed by atoms with Crippen LogP contribution in [0.1, 0.15) is 43.9 Å². The number of alkyl carbamates (subject to hydrolysis) is 1. The van der Waals surface area contributed by atoms with Gasteiger partial charge in [-0.25, -0.2) is 4.79 Å². The molecule has 0 fully saturated rings. The first kappa shape index (κ1) is 14.6. The zero-order valence-electron chi connectivity index (χ0n) is 11.7. The molecule has 1 aromatic rings. The van der Waals surface area contributed by atoms with E-state index < -0.39 is 11.7 Å². The van der Waals surface area contributed by atoms with Crippen LogP contribution in [0.2, 0.25) is 0 Å². The molecular weight excluding hydrogens is 232 g/mol. The molecule has 1 heterocycles. The Morgan fingerprint density at radius 3 is 2.50 bits per heavy atom. The van der Waals surface area contributed by atoms with Crippen LogP contribution in [-0.2, 0) is 4.74 Å². The molecule has 0 bridgehead atoms. The maximum Gasteiger partial charge on any atom is 0.408 e. The molecule has 0 aliphatic heterocycles. The van der Waals surface area contributed by atoms with Crippen molar-refractivity contribution in [2.45, 2.75) is 46.3 Å². The number of hydrogen-bond acceptors (Lipinski definition) is 4. The van der Waals surface area contributed by atoms with Crippen molar-refractivity contribution >= 4 is 6.09 Å². The largest absolute Gasteiger partial charge is 0.466 e. The van der Waals surface area contributed by atoms with Gasteiger partial charge in [-0.2, -0.15) is 0 Å². The molecule has 5 heteroatoms. The fourth-order valence-electron chi connectivity index (χ4n) is 1.71. The first-order valence-corrected chi connectivity index (χ1v) is 5.99. The average Bonchev–Trinajstić information content (AvgIpc) is 2.51. The summed E-state index contributed by atoms with van der Waals surface area (Å²) in [4.78, 5) is 11.7. The molecule has 1 unspecified atom stereocenters. The van der Waals surface area contributed by atoms with E-state index in [0.29, 0.717) is 6.54 Å². The van der Waals surface area contributed by atoms with Gasteiger partial charge < -0.3 is 20.2 Å². The van der Waals surface area contributed by atoms with Gasteiger partial charge in [-0.1, -0.05) is 0 Å². The van der Waals surface area contributed by atoms with Crippen LogP contribution in [0.3, 0.4) is 0 Å². The van der Waals surface area contributed by atoms with Gasteiger partial charge in [0, 0.05) is 12.1 Å². The Balaban J connectivity index is 2.74. The topological polar surface area (TPSA) is 77.5 Å². The van der Waals surface area contributed by atoms with Crippen LogP contribution >= 0.6 is 0 Å². The Bertz CT molecular complexity index is 418. The molecule has 0 spiro atoms. The van der Waals surface area contributed by atoms with Crippen LogP contribution < -0.4 is 11.1 Å². The Kier molecular flexibility index (Phi) is 4.40. The molecule has 1 amide bonds. The Hall–Kier alpha value is -1.49. The van der Waals surface area contributed by atoms with E-state index in [9.17, 15) is 4.79 Å². The van der Waals surface area contributed by atoms with Crippen molar-refractivity contribution < 1.29 is 13.9 Å². The SMILES string of the molecule is Cc1cc(C(CN)NC(=O)OC(C)(C)C)c(C)o1. The third kappa shape index (κ3) is 4.07. The van der Waals surface area contributed by atoms with E-state index in [1.54, 1.807) is 0 Å². The molecule has 3 N–H and O–H groups in total. The van der Waals surface area contributed by atoms with Gasteiger partial charge in [0.15, 0.2) is 0 Å². The third-order valence-corrected chi connectivity index (χ3v) is 2.38. The van der Waals surface area contributed by atoms with Gasteiger partial charge in [0.2, 0.25) is 0 Å². The molecule has 18 heavy (non-hydrogen) atoms. The minimum atomic E-state index is -0.523. The second kappa shape index (κ2) is 5.44. The van der Waals surface area contributed by atoms with E-state index in [0.717, 1.165) is 17.1 Å². The summed E-state index contributed by atoms with van der Waals surface area (Å²) in [6.07, 6.45) is -0.476. The lowest BCUT2D eigenvalue weighted by Gasteiger charge is -2.22. The normalized spacial score (nSPS) is 13.2. The van der Waals surface area contributed by atoms with Gasteiger partial charge in [-0.3, -0.25) is 0 Å². The fraction of sp³-hybridized carbons (Fsp3) is 0.615. The van der Waals surface area contributed by atoms with Crippen LogP contribution in [0.4, 0.5) is 4.79 Å². The second-order valence-corrected chi connectivity index (χ2v) is 5.30. The minimum Gasteiger partial charge on any atom is -0.466 e. The summed E-state index contributed by atoms with van der Waals surface area (Å²) in [6.45, 7) is 9.45. The van der Waals surface area contributed by atoms with Crippen molar-refractivity contribution in [3.8, 4) is 0 Å². The maximum atomic E-state index is 11.7. The summed E-state index contributed by atoms with van der Waals surface area (Å²) in [5.41, 5.74) is 6.05. The molecule has 0 saturated carbocycles. The van der Waals surface area contributed by atoms with Crippen LogP contribution in [0.5, 0.6) is 0 Å². The van der Waals surface area contributed by atoms with E-state index in [1.807, 2.05) is 40.7 Å². The van der Waals surface area contributed by atoms with E-state index in [-0.39, 0.29) is 6.04 Å². The average molecular weight is 254 g/mol. The zero-order chi connectivity index (χ0) is 13.9. The number of rotatable bonds is 3. The highest BCUT2D eigenvalue weighted by Crippen LogP contribution is 2.21. The number of furan rings is 1. The molecule has 0 aromatic carbocycles. The summed E-state index contributed by atoms with van der Waals surface area (Å²) in [6, 6.07) is 1.59. The van der Waals surface area contributed by atoms with Crippen molar-refractivity contribution in [1.82, 2.24) is 5.32 Å². The molecule has 0 aliphatic carbocycles. The lowest BCUT2D eigenvalue weighted by Crippen LogP contribution is -2.37.